The molecule has 0 radical (unpaired) electrons. The Labute approximate surface area is 323 Å². The second kappa shape index (κ2) is 18.8. The van der Waals surface area contributed by atoms with Gasteiger partial charge in [0.25, 0.3) is 0 Å². The number of ether oxygens (including phenoxy) is 11. The number of esters is 7. The summed E-state index contributed by atoms with van der Waals surface area (Å²) in [6, 6.07) is 3.75. The first-order valence-corrected chi connectivity index (χ1v) is 17.2. The third-order valence-electron chi connectivity index (χ3n) is 8.15. The van der Waals surface area contributed by atoms with Gasteiger partial charge in [-0.05, 0) is 12.1 Å². The monoisotopic (exact) mass is 808 g/mol. The number of aromatic hydroxyl groups is 1. The lowest BCUT2D eigenvalue weighted by Crippen LogP contribution is -2.67. The van der Waals surface area contributed by atoms with E-state index in [0.717, 1.165) is 54.5 Å². The van der Waals surface area contributed by atoms with Crippen LogP contribution in [0.1, 0.15) is 69.2 Å². The molecule has 21 nitrogen and oxygen atoms in total. The fraction of sp³-hybridized carbons (Fsp3) is 0.528. The van der Waals surface area contributed by atoms with Crippen LogP contribution in [0.4, 0.5) is 0 Å². The molecule has 1 aromatic rings. The number of carbonyl (C=O) groups is 9. The standard InChI is InChI=1S/C36H40O21/c1-14(37)47-12-25-29(49-16(3)39)31(50-17(4)40)34(53-20(7)43)36(56-25)57-30-26(13-48-15(2)38)55-35(33(52-19(6)42)32(30)51-18(5)41)54-24-11-23(45)27-21(28(24)46)9-8-10-22(27)44/h8-11,25-26,29-36,44H,12-13H2,1-7H3/t25-,26-,29-,30-,31+,32+,33-,34-,35-,36-/m1/s1. The molecule has 0 bridgehead atoms. The number of fused-ring (bicyclic) bond motifs is 1. The van der Waals surface area contributed by atoms with Crippen LogP contribution in [0.25, 0.3) is 0 Å². The number of hydrogen-bond acceptors (Lipinski definition) is 21. The number of allylic oxidation sites excluding steroid dienone is 2. The second-order valence-corrected chi connectivity index (χ2v) is 12.7. The van der Waals surface area contributed by atoms with Crippen LogP contribution >= 0.6 is 0 Å². The molecule has 21 heteroatoms. The van der Waals surface area contributed by atoms with E-state index in [0.29, 0.717) is 0 Å². The Morgan fingerprint density at radius 3 is 1.53 bits per heavy atom. The molecule has 2 aliphatic heterocycles. The summed E-state index contributed by atoms with van der Waals surface area (Å²) in [6.07, 6.45) is -16.7. The molecule has 0 aromatic heterocycles. The van der Waals surface area contributed by atoms with Crippen LogP contribution in [0.5, 0.6) is 5.75 Å². The minimum absolute atomic E-state index is 0.241. The molecule has 1 aliphatic carbocycles. The molecule has 0 amide bonds. The lowest BCUT2D eigenvalue weighted by Gasteiger charge is -2.48. The minimum atomic E-state index is -1.92. The van der Waals surface area contributed by atoms with E-state index in [1.807, 2.05) is 0 Å². The van der Waals surface area contributed by atoms with Gasteiger partial charge in [-0.1, -0.05) is 6.07 Å². The summed E-state index contributed by atoms with van der Waals surface area (Å²) in [5.74, 6) is -9.37. The molecule has 0 unspecified atom stereocenters. The van der Waals surface area contributed by atoms with E-state index >= 15 is 0 Å². The maximum Gasteiger partial charge on any atom is 0.303 e. The summed E-state index contributed by atoms with van der Waals surface area (Å²) >= 11 is 0. The first kappa shape index (κ1) is 43.8. The predicted octanol–water partition coefficient (Wildman–Crippen LogP) is 0.291. The summed E-state index contributed by atoms with van der Waals surface area (Å²) in [7, 11) is 0. The first-order chi connectivity index (χ1) is 26.8. The topological polar surface area (TPSA) is 275 Å². The average molecular weight is 809 g/mol. The Morgan fingerprint density at radius 1 is 0.579 bits per heavy atom. The molecule has 2 fully saturated rings. The van der Waals surface area contributed by atoms with Crippen LogP contribution in [0, 0.1) is 0 Å². The number of phenolic OH excluding ortho intramolecular Hbond substituents is 1. The van der Waals surface area contributed by atoms with Gasteiger partial charge < -0.3 is 57.2 Å². The van der Waals surface area contributed by atoms with Gasteiger partial charge in [-0.15, -0.1) is 0 Å². The van der Waals surface area contributed by atoms with Crippen LogP contribution in [0.3, 0.4) is 0 Å². The minimum Gasteiger partial charge on any atom is -0.507 e. The van der Waals surface area contributed by atoms with E-state index in [-0.39, 0.29) is 11.1 Å². The van der Waals surface area contributed by atoms with Gasteiger partial charge in [0.1, 0.15) is 37.3 Å². The number of hydrogen-bond donors (Lipinski definition) is 1. The summed E-state index contributed by atoms with van der Waals surface area (Å²) in [5.41, 5.74) is -0.546. The van der Waals surface area contributed by atoms with E-state index in [2.05, 4.69) is 0 Å². The molecule has 1 N–H and O–H groups in total. The van der Waals surface area contributed by atoms with E-state index in [4.69, 9.17) is 52.1 Å². The molecule has 10 atom stereocenters. The highest BCUT2D eigenvalue weighted by Gasteiger charge is 2.58. The van der Waals surface area contributed by atoms with Gasteiger partial charge in [0.05, 0.1) is 5.56 Å². The fourth-order valence-corrected chi connectivity index (χ4v) is 6.16. The lowest BCUT2D eigenvalue weighted by molar-refractivity contribution is -0.358. The van der Waals surface area contributed by atoms with E-state index in [1.54, 1.807) is 0 Å². The Morgan fingerprint density at radius 2 is 1.02 bits per heavy atom. The number of benzene rings is 1. The lowest BCUT2D eigenvalue weighted by atomic mass is 9.92. The summed E-state index contributed by atoms with van der Waals surface area (Å²) < 4.78 is 61.9. The number of Topliss-reactive ketones (excluding diaryl/α,β-unsaturated/α-hetero) is 1. The van der Waals surface area contributed by atoms with Crippen LogP contribution < -0.4 is 0 Å². The highest BCUT2D eigenvalue weighted by atomic mass is 16.8. The molecule has 0 spiro atoms. The molecule has 310 valence electrons. The molecule has 2 saturated heterocycles. The molecule has 2 heterocycles. The smallest absolute Gasteiger partial charge is 0.303 e. The Kier molecular flexibility index (Phi) is 14.4. The zero-order chi connectivity index (χ0) is 42.3. The summed E-state index contributed by atoms with van der Waals surface area (Å²) in [5, 5.41) is 10.2. The first-order valence-electron chi connectivity index (χ1n) is 17.2. The Bertz CT molecular complexity index is 1820. The van der Waals surface area contributed by atoms with Gasteiger partial charge in [0.2, 0.25) is 18.2 Å². The van der Waals surface area contributed by atoms with Crippen molar-refractivity contribution in [1.82, 2.24) is 0 Å². The van der Waals surface area contributed by atoms with Crippen molar-refractivity contribution >= 4 is 53.4 Å². The zero-order valence-electron chi connectivity index (χ0n) is 31.6. The Balaban J connectivity index is 1.83. The maximum atomic E-state index is 13.5. The number of rotatable bonds is 13. The molecular formula is C36H40O21. The number of carbonyl (C=O) groups excluding carboxylic acids is 9. The number of ketones is 2. The molecule has 3 aliphatic rings. The number of phenols is 1. The van der Waals surface area contributed by atoms with E-state index in [1.165, 1.54) is 18.2 Å². The van der Waals surface area contributed by atoms with Crippen LogP contribution in [-0.4, -0.2) is 133 Å². The van der Waals surface area contributed by atoms with Crippen LogP contribution in [0.2, 0.25) is 0 Å². The normalized spacial score (nSPS) is 28.0. The average Bonchev–Trinajstić information content (AvgIpc) is 3.09. The third kappa shape index (κ3) is 11.1. The fourth-order valence-electron chi connectivity index (χ4n) is 6.16. The van der Waals surface area contributed by atoms with Crippen LogP contribution in [-0.2, 0) is 85.7 Å². The maximum absolute atomic E-state index is 13.5. The molecule has 0 saturated carbocycles. The molecule has 1 aromatic carbocycles. The largest absolute Gasteiger partial charge is 0.507 e. The van der Waals surface area contributed by atoms with Gasteiger partial charge in [0.15, 0.2) is 42.2 Å². The van der Waals surface area contributed by atoms with Crippen molar-refractivity contribution in [2.24, 2.45) is 0 Å². The predicted molar refractivity (Wildman–Crippen MR) is 179 cm³/mol. The van der Waals surface area contributed by atoms with Crippen molar-refractivity contribution in [2.45, 2.75) is 110 Å². The molecule has 57 heavy (non-hydrogen) atoms. The molecule has 4 rings (SSSR count). The van der Waals surface area contributed by atoms with E-state index in [9.17, 15) is 48.3 Å². The van der Waals surface area contributed by atoms with E-state index < -0.39 is 139 Å². The van der Waals surface area contributed by atoms with Gasteiger partial charge in [-0.25, -0.2) is 0 Å². The van der Waals surface area contributed by atoms with Crippen molar-refractivity contribution < 1.29 is 100 Å². The van der Waals surface area contributed by atoms with Gasteiger partial charge in [-0.2, -0.15) is 0 Å². The highest BCUT2D eigenvalue weighted by Crippen LogP contribution is 2.37. The second-order valence-electron chi connectivity index (χ2n) is 12.7. The Hall–Kier alpha value is -5.93. The van der Waals surface area contributed by atoms with Gasteiger partial charge >= 0.3 is 41.8 Å². The van der Waals surface area contributed by atoms with Crippen molar-refractivity contribution in [3.63, 3.8) is 0 Å². The van der Waals surface area contributed by atoms with Crippen molar-refractivity contribution in [2.75, 3.05) is 13.2 Å². The zero-order valence-corrected chi connectivity index (χ0v) is 31.6. The van der Waals surface area contributed by atoms with Crippen molar-refractivity contribution in [3.05, 3.63) is 41.2 Å². The van der Waals surface area contributed by atoms with Crippen molar-refractivity contribution in [3.8, 4) is 5.75 Å². The highest BCUT2D eigenvalue weighted by molar-refractivity contribution is 6.24. The van der Waals surface area contributed by atoms with Crippen LogP contribution in [0.15, 0.2) is 30.0 Å². The van der Waals surface area contributed by atoms with Crippen molar-refractivity contribution in [1.29, 1.82) is 0 Å². The molecular weight excluding hydrogens is 768 g/mol. The summed E-state index contributed by atoms with van der Waals surface area (Å²) in [4.78, 5) is 113. The summed E-state index contributed by atoms with van der Waals surface area (Å²) in [6.45, 7) is 5.67. The SMILES string of the molecule is CC(=O)OC[C@H]1O[C@H](O[C@H]2[C@H](OC(C)=O)[C@@H](OC(C)=O)[C@H](OC3=CC(=O)c4c(O)cccc4C3=O)O[C@@H]2COC(C)=O)[C@H](OC(C)=O)[C@@H](OC(C)=O)[C@@H]1OC(C)=O. The van der Waals surface area contributed by atoms with Gasteiger partial charge in [-0.3, -0.25) is 43.2 Å². The third-order valence-corrected chi connectivity index (χ3v) is 8.15. The van der Waals surface area contributed by atoms with Gasteiger partial charge in [0, 0.05) is 60.1 Å². The quantitative estimate of drug-likeness (QED) is 0.207.